The molecule has 0 radical (unpaired) electrons. The van der Waals surface area contributed by atoms with Gasteiger partial charge in [-0.2, -0.15) is 0 Å². The van der Waals surface area contributed by atoms with Crippen molar-refractivity contribution in [1.29, 1.82) is 0 Å². The number of amides is 1. The second-order valence-corrected chi connectivity index (χ2v) is 3.94. The van der Waals surface area contributed by atoms with Gasteiger partial charge < -0.3 is 19.9 Å². The van der Waals surface area contributed by atoms with Crippen LogP contribution in [0.25, 0.3) is 0 Å². The molecule has 0 spiro atoms. The third-order valence-electron chi connectivity index (χ3n) is 1.86. The summed E-state index contributed by atoms with van der Waals surface area (Å²) in [5.74, 6) is 1.78. The molecule has 0 fully saturated rings. The Morgan fingerprint density at radius 1 is 1.11 bits per heavy atom. The third kappa shape index (κ3) is 9.76. The summed E-state index contributed by atoms with van der Waals surface area (Å²) in [6, 6.07) is 7.67. The number of ether oxygens (including phenoxy) is 2. The van der Waals surface area contributed by atoms with Gasteiger partial charge in [-0.1, -0.05) is 0 Å². The van der Waals surface area contributed by atoms with Gasteiger partial charge in [-0.15, -0.1) is 0 Å². The molecule has 1 aromatic carbocycles. The summed E-state index contributed by atoms with van der Waals surface area (Å²) in [6.07, 6.45) is -0.963. The fraction of sp³-hybridized carbons (Fsp3) is 0.500. The molecule has 1 aromatic rings. The summed E-state index contributed by atoms with van der Waals surface area (Å²) >= 11 is 0. The smallest absolute Gasteiger partial charge is 0.404 e. The first kappa shape index (κ1) is 17.1. The monoisotopic (exact) mass is 269 g/mol. The fourth-order valence-electron chi connectivity index (χ4n) is 1.21. The Bertz CT molecular complexity index is 324. The molecule has 0 unspecified atom stereocenters. The van der Waals surface area contributed by atoms with Gasteiger partial charge in [0.1, 0.15) is 11.5 Å². The first-order chi connectivity index (χ1) is 8.99. The molecule has 1 amide bonds. The minimum absolute atomic E-state index is 0.0255. The van der Waals surface area contributed by atoms with Gasteiger partial charge in [-0.25, -0.2) is 4.79 Å². The van der Waals surface area contributed by atoms with E-state index in [1.54, 1.807) is 13.8 Å². The topological polar surface area (TPSA) is 67.8 Å². The van der Waals surface area contributed by atoms with Crippen LogP contribution in [0.5, 0.6) is 11.5 Å². The van der Waals surface area contributed by atoms with Crippen LogP contribution in [0.3, 0.4) is 0 Å². The van der Waals surface area contributed by atoms with E-state index in [0.29, 0.717) is 13.2 Å². The number of carboxylic acid groups (broad SMARTS) is 1. The van der Waals surface area contributed by atoms with E-state index in [4.69, 9.17) is 14.6 Å². The van der Waals surface area contributed by atoms with Gasteiger partial charge in [0.2, 0.25) is 0 Å². The largest absolute Gasteiger partial charge is 0.494 e. The van der Waals surface area contributed by atoms with Gasteiger partial charge in [0.05, 0.1) is 13.2 Å². The van der Waals surface area contributed by atoms with Crippen molar-refractivity contribution >= 4 is 6.09 Å². The first-order valence-corrected chi connectivity index (χ1v) is 6.34. The van der Waals surface area contributed by atoms with Crippen LogP contribution in [0.2, 0.25) is 0 Å². The molecule has 0 aliphatic rings. The van der Waals surface area contributed by atoms with Crippen molar-refractivity contribution < 1.29 is 19.4 Å². The Morgan fingerprint density at radius 2 is 1.47 bits per heavy atom. The van der Waals surface area contributed by atoms with Gasteiger partial charge in [0.25, 0.3) is 0 Å². The standard InChI is InChI=1S/C10H14O2.C4H9NO2/c1-3-11-9-5-7-10(8-6-9)12-4-2;1-3(2)5-4(6)7/h5-8H,3-4H2,1-2H3;3,5H,1-2H3,(H,6,7). The van der Waals surface area contributed by atoms with E-state index < -0.39 is 6.09 Å². The Morgan fingerprint density at radius 3 is 1.63 bits per heavy atom. The molecule has 0 heterocycles. The summed E-state index contributed by atoms with van der Waals surface area (Å²) in [6.45, 7) is 8.89. The van der Waals surface area contributed by atoms with Crippen LogP contribution in [0, 0.1) is 0 Å². The lowest BCUT2D eigenvalue weighted by molar-refractivity contribution is 0.191. The molecule has 5 nitrogen and oxygen atoms in total. The predicted molar refractivity (Wildman–Crippen MR) is 75.1 cm³/mol. The zero-order valence-corrected chi connectivity index (χ0v) is 12.0. The maximum Gasteiger partial charge on any atom is 0.404 e. The number of nitrogens with one attached hydrogen (secondary N) is 1. The van der Waals surface area contributed by atoms with E-state index in [1.165, 1.54) is 0 Å². The molecule has 0 aliphatic carbocycles. The fourth-order valence-corrected chi connectivity index (χ4v) is 1.21. The molecule has 108 valence electrons. The van der Waals surface area contributed by atoms with E-state index >= 15 is 0 Å². The molecule has 1 rings (SSSR count). The normalized spacial score (nSPS) is 9.32. The molecular formula is C14H23NO4. The Kier molecular flexibility index (Phi) is 9.04. The Hall–Kier alpha value is -1.91. The van der Waals surface area contributed by atoms with Crippen molar-refractivity contribution in [3.8, 4) is 11.5 Å². The van der Waals surface area contributed by atoms with Crippen molar-refractivity contribution in [1.82, 2.24) is 5.32 Å². The third-order valence-corrected chi connectivity index (χ3v) is 1.86. The van der Waals surface area contributed by atoms with Crippen LogP contribution in [0.4, 0.5) is 4.79 Å². The molecule has 5 heteroatoms. The van der Waals surface area contributed by atoms with E-state index in [-0.39, 0.29) is 6.04 Å². The summed E-state index contributed by atoms with van der Waals surface area (Å²) in [7, 11) is 0. The van der Waals surface area contributed by atoms with Crippen LogP contribution in [0.1, 0.15) is 27.7 Å². The van der Waals surface area contributed by atoms with E-state index in [2.05, 4.69) is 5.32 Å². The minimum Gasteiger partial charge on any atom is -0.494 e. The van der Waals surface area contributed by atoms with Crippen LogP contribution >= 0.6 is 0 Å². The van der Waals surface area contributed by atoms with Crippen LogP contribution < -0.4 is 14.8 Å². The number of carbonyl (C=O) groups is 1. The van der Waals surface area contributed by atoms with Crippen LogP contribution in [0.15, 0.2) is 24.3 Å². The molecule has 0 aromatic heterocycles. The van der Waals surface area contributed by atoms with Gasteiger partial charge in [0.15, 0.2) is 0 Å². The maximum absolute atomic E-state index is 9.70. The Labute approximate surface area is 114 Å². The van der Waals surface area contributed by atoms with Crippen molar-refractivity contribution in [2.24, 2.45) is 0 Å². The second kappa shape index (κ2) is 10.1. The van der Waals surface area contributed by atoms with Gasteiger partial charge in [0, 0.05) is 6.04 Å². The van der Waals surface area contributed by atoms with Crippen LogP contribution in [-0.4, -0.2) is 30.5 Å². The molecule has 0 bridgehead atoms. The SMILES string of the molecule is CC(C)NC(=O)O.CCOc1ccc(OCC)cc1. The second-order valence-electron chi connectivity index (χ2n) is 3.94. The summed E-state index contributed by atoms with van der Waals surface area (Å²) in [5, 5.41) is 10.2. The highest BCUT2D eigenvalue weighted by Crippen LogP contribution is 2.17. The lowest BCUT2D eigenvalue weighted by Gasteiger charge is -2.04. The lowest BCUT2D eigenvalue weighted by atomic mass is 10.3. The zero-order chi connectivity index (χ0) is 14.7. The first-order valence-electron chi connectivity index (χ1n) is 6.34. The van der Waals surface area contributed by atoms with Gasteiger partial charge in [-0.05, 0) is 52.0 Å². The van der Waals surface area contributed by atoms with Crippen molar-refractivity contribution in [3.63, 3.8) is 0 Å². The highest BCUT2D eigenvalue weighted by atomic mass is 16.5. The van der Waals surface area contributed by atoms with Crippen LogP contribution in [-0.2, 0) is 0 Å². The molecule has 0 saturated carbocycles. The predicted octanol–water partition coefficient (Wildman–Crippen LogP) is 3.15. The average molecular weight is 269 g/mol. The lowest BCUT2D eigenvalue weighted by Crippen LogP contribution is -2.27. The van der Waals surface area contributed by atoms with E-state index in [0.717, 1.165) is 11.5 Å². The molecule has 0 saturated heterocycles. The highest BCUT2D eigenvalue weighted by Gasteiger charge is 1.94. The summed E-state index contributed by atoms with van der Waals surface area (Å²) < 4.78 is 10.6. The van der Waals surface area contributed by atoms with Crippen molar-refractivity contribution in [2.45, 2.75) is 33.7 Å². The Balaban J connectivity index is 0.000000399. The molecule has 19 heavy (non-hydrogen) atoms. The van der Waals surface area contributed by atoms with Gasteiger partial charge >= 0.3 is 6.09 Å². The number of rotatable bonds is 5. The number of hydrogen-bond acceptors (Lipinski definition) is 3. The minimum atomic E-state index is -0.963. The van der Waals surface area contributed by atoms with E-state index in [9.17, 15) is 4.79 Å². The van der Waals surface area contributed by atoms with Gasteiger partial charge in [-0.3, -0.25) is 0 Å². The molecular weight excluding hydrogens is 246 g/mol. The average Bonchev–Trinajstić information content (AvgIpc) is 2.31. The molecule has 0 aliphatic heterocycles. The summed E-state index contributed by atoms with van der Waals surface area (Å²) in [4.78, 5) is 9.70. The maximum atomic E-state index is 9.70. The zero-order valence-electron chi connectivity index (χ0n) is 12.0. The van der Waals surface area contributed by atoms with Crippen molar-refractivity contribution in [2.75, 3.05) is 13.2 Å². The quantitative estimate of drug-likeness (QED) is 0.861. The van der Waals surface area contributed by atoms with E-state index in [1.807, 2.05) is 38.1 Å². The van der Waals surface area contributed by atoms with Crippen molar-refractivity contribution in [3.05, 3.63) is 24.3 Å². The number of benzene rings is 1. The highest BCUT2D eigenvalue weighted by molar-refractivity contribution is 5.64. The number of hydrogen-bond donors (Lipinski definition) is 2. The molecule has 0 atom stereocenters. The summed E-state index contributed by atoms with van der Waals surface area (Å²) in [5.41, 5.74) is 0. The molecule has 2 N–H and O–H groups in total.